The van der Waals surface area contributed by atoms with Gasteiger partial charge in [0, 0.05) is 12.1 Å². The number of nitrogens with two attached hydrogens (primary N) is 1. The predicted molar refractivity (Wildman–Crippen MR) is 134 cm³/mol. The van der Waals surface area contributed by atoms with Gasteiger partial charge < -0.3 is 20.5 Å². The molecule has 0 radical (unpaired) electrons. The zero-order chi connectivity index (χ0) is 24.5. The molecule has 0 aromatic heterocycles. The quantitative estimate of drug-likeness (QED) is 0.349. The fourth-order valence-electron chi connectivity index (χ4n) is 3.53. The zero-order valence-corrected chi connectivity index (χ0v) is 19.1. The summed E-state index contributed by atoms with van der Waals surface area (Å²) in [5, 5.41) is 2.94. The van der Waals surface area contributed by atoms with E-state index in [2.05, 4.69) is 5.32 Å². The van der Waals surface area contributed by atoms with Gasteiger partial charge in [0.05, 0.1) is 5.56 Å². The van der Waals surface area contributed by atoms with Gasteiger partial charge in [0.15, 0.2) is 0 Å². The smallest absolute Gasteiger partial charge is 0.252 e. The molecule has 4 aromatic rings. The van der Waals surface area contributed by atoms with Gasteiger partial charge in [-0.3, -0.25) is 9.59 Å². The van der Waals surface area contributed by atoms with E-state index in [4.69, 9.17) is 15.2 Å². The lowest BCUT2D eigenvalue weighted by molar-refractivity contribution is 0.0949. The highest BCUT2D eigenvalue weighted by Crippen LogP contribution is 2.19. The van der Waals surface area contributed by atoms with E-state index in [9.17, 15) is 9.59 Å². The molecule has 6 nitrogen and oxygen atoms in total. The van der Waals surface area contributed by atoms with Crippen molar-refractivity contribution >= 4 is 11.8 Å². The van der Waals surface area contributed by atoms with Crippen LogP contribution in [0, 0.1) is 0 Å². The van der Waals surface area contributed by atoms with Crippen LogP contribution in [0.2, 0.25) is 0 Å². The third-order valence-corrected chi connectivity index (χ3v) is 5.34. The first kappa shape index (κ1) is 23.6. The van der Waals surface area contributed by atoms with Crippen LogP contribution in [0.3, 0.4) is 0 Å². The molecule has 0 fully saturated rings. The van der Waals surface area contributed by atoms with Crippen LogP contribution < -0.4 is 20.5 Å². The Morgan fingerprint density at radius 1 is 0.686 bits per heavy atom. The van der Waals surface area contributed by atoms with Crippen molar-refractivity contribution in [2.24, 2.45) is 5.73 Å². The van der Waals surface area contributed by atoms with Gasteiger partial charge in [0.25, 0.3) is 11.8 Å². The average Bonchev–Trinajstić information content (AvgIpc) is 2.90. The number of ether oxygens (including phenoxy) is 2. The van der Waals surface area contributed by atoms with Gasteiger partial charge in [0.1, 0.15) is 24.7 Å². The lowest BCUT2D eigenvalue weighted by atomic mass is 10.1. The number of primary amides is 1. The highest BCUT2D eigenvalue weighted by molar-refractivity contribution is 5.95. The zero-order valence-electron chi connectivity index (χ0n) is 19.1. The molecule has 0 aliphatic carbocycles. The van der Waals surface area contributed by atoms with Crippen LogP contribution in [0.1, 0.15) is 37.4 Å². The third-order valence-electron chi connectivity index (χ3n) is 5.34. The normalized spacial score (nSPS) is 10.4. The van der Waals surface area contributed by atoms with E-state index in [-0.39, 0.29) is 12.5 Å². The Morgan fingerprint density at radius 2 is 1.37 bits per heavy atom. The molecule has 0 saturated heterocycles. The minimum Gasteiger partial charge on any atom is -0.489 e. The number of hydrogen-bond acceptors (Lipinski definition) is 4. The summed E-state index contributed by atoms with van der Waals surface area (Å²) in [6.45, 7) is 1.05. The summed E-state index contributed by atoms with van der Waals surface area (Å²) < 4.78 is 11.6. The average molecular weight is 467 g/mol. The summed E-state index contributed by atoms with van der Waals surface area (Å²) in [5.74, 6) is 0.406. The Hall–Kier alpha value is -4.58. The Bertz CT molecular complexity index is 1300. The third kappa shape index (κ3) is 6.71. The summed E-state index contributed by atoms with van der Waals surface area (Å²) in [6.07, 6.45) is 0. The molecule has 3 N–H and O–H groups in total. The Labute approximate surface area is 204 Å². The van der Waals surface area contributed by atoms with Gasteiger partial charge in [-0.1, -0.05) is 66.7 Å². The van der Waals surface area contributed by atoms with Crippen LogP contribution in [0.15, 0.2) is 103 Å². The van der Waals surface area contributed by atoms with E-state index < -0.39 is 5.91 Å². The van der Waals surface area contributed by atoms with Crippen LogP contribution >= 0.6 is 0 Å². The molecule has 0 aliphatic rings. The molecule has 0 bridgehead atoms. The number of rotatable bonds is 10. The maximum atomic E-state index is 12.7. The highest BCUT2D eigenvalue weighted by Gasteiger charge is 2.10. The Morgan fingerprint density at radius 3 is 2.20 bits per heavy atom. The van der Waals surface area contributed by atoms with Gasteiger partial charge >= 0.3 is 0 Å². The standard InChI is InChI=1S/C29H26N2O4/c30-28(32)26-14-4-5-15-27(26)35-20-23-11-6-12-24(16-23)29(33)31-18-22-10-7-13-25(17-22)34-19-21-8-2-1-3-9-21/h1-17H,18-20H2,(H2,30,32)(H,31,33). The van der Waals surface area contributed by atoms with Gasteiger partial charge in [-0.25, -0.2) is 0 Å². The maximum Gasteiger partial charge on any atom is 0.252 e. The summed E-state index contributed by atoms with van der Waals surface area (Å²) in [4.78, 5) is 24.3. The van der Waals surface area contributed by atoms with Crippen molar-refractivity contribution < 1.29 is 19.1 Å². The lowest BCUT2D eigenvalue weighted by Gasteiger charge is -2.11. The number of carbonyl (C=O) groups excluding carboxylic acids is 2. The van der Waals surface area contributed by atoms with Crippen LogP contribution in [-0.4, -0.2) is 11.8 Å². The van der Waals surface area contributed by atoms with Crippen molar-refractivity contribution in [2.45, 2.75) is 19.8 Å². The molecule has 2 amide bonds. The molecule has 6 heteroatoms. The molecule has 35 heavy (non-hydrogen) atoms. The molecule has 0 aliphatic heterocycles. The molecule has 4 aromatic carbocycles. The first-order chi connectivity index (χ1) is 17.1. The Kier molecular flexibility index (Phi) is 7.76. The summed E-state index contributed by atoms with van der Waals surface area (Å²) >= 11 is 0. The summed E-state index contributed by atoms with van der Waals surface area (Å²) in [6, 6.07) is 31.6. The number of para-hydroxylation sites is 1. The fraction of sp³-hybridized carbons (Fsp3) is 0.103. The molecule has 0 unspecified atom stereocenters. The first-order valence-corrected chi connectivity index (χ1v) is 11.2. The molecule has 176 valence electrons. The second-order valence-corrected chi connectivity index (χ2v) is 7.95. The van der Waals surface area contributed by atoms with Gasteiger partial charge in [-0.2, -0.15) is 0 Å². The van der Waals surface area contributed by atoms with Crippen molar-refractivity contribution in [3.63, 3.8) is 0 Å². The molecule has 0 spiro atoms. The number of hydrogen-bond donors (Lipinski definition) is 2. The first-order valence-electron chi connectivity index (χ1n) is 11.2. The molecule has 0 saturated carbocycles. The van der Waals surface area contributed by atoms with Gasteiger partial charge in [0.2, 0.25) is 0 Å². The van der Waals surface area contributed by atoms with Crippen molar-refractivity contribution in [3.8, 4) is 11.5 Å². The van der Waals surface area contributed by atoms with E-state index in [0.29, 0.717) is 30.0 Å². The predicted octanol–water partition coefficient (Wildman–Crippen LogP) is 4.87. The molecule has 4 rings (SSSR count). The lowest BCUT2D eigenvalue weighted by Crippen LogP contribution is -2.23. The van der Waals surface area contributed by atoms with E-state index in [1.54, 1.807) is 42.5 Å². The molecular formula is C29H26N2O4. The number of carbonyl (C=O) groups is 2. The molecule has 0 heterocycles. The second kappa shape index (κ2) is 11.5. The van der Waals surface area contributed by atoms with Gasteiger partial charge in [-0.05, 0) is 53.1 Å². The largest absolute Gasteiger partial charge is 0.489 e. The second-order valence-electron chi connectivity index (χ2n) is 7.95. The van der Waals surface area contributed by atoms with Crippen LogP contribution in [0.25, 0.3) is 0 Å². The van der Waals surface area contributed by atoms with Crippen molar-refractivity contribution in [1.82, 2.24) is 5.32 Å². The van der Waals surface area contributed by atoms with E-state index in [0.717, 1.165) is 22.4 Å². The van der Waals surface area contributed by atoms with E-state index in [1.165, 1.54) is 0 Å². The minimum absolute atomic E-state index is 0.194. The van der Waals surface area contributed by atoms with Crippen molar-refractivity contribution in [3.05, 3.63) is 131 Å². The van der Waals surface area contributed by atoms with Crippen LogP contribution in [-0.2, 0) is 19.8 Å². The van der Waals surface area contributed by atoms with Crippen LogP contribution in [0.4, 0.5) is 0 Å². The molecular weight excluding hydrogens is 440 g/mol. The number of benzene rings is 4. The fourth-order valence-corrected chi connectivity index (χ4v) is 3.53. The molecule has 0 atom stereocenters. The van der Waals surface area contributed by atoms with Crippen molar-refractivity contribution in [2.75, 3.05) is 0 Å². The number of amides is 2. The number of nitrogens with one attached hydrogen (secondary N) is 1. The highest BCUT2D eigenvalue weighted by atomic mass is 16.5. The topological polar surface area (TPSA) is 90.7 Å². The van der Waals surface area contributed by atoms with Crippen LogP contribution in [0.5, 0.6) is 11.5 Å². The maximum absolute atomic E-state index is 12.7. The monoisotopic (exact) mass is 466 g/mol. The van der Waals surface area contributed by atoms with Crippen molar-refractivity contribution in [1.29, 1.82) is 0 Å². The minimum atomic E-state index is -0.553. The SMILES string of the molecule is NC(=O)c1ccccc1OCc1cccc(C(=O)NCc2cccc(OCc3ccccc3)c2)c1. The summed E-state index contributed by atoms with van der Waals surface area (Å²) in [7, 11) is 0. The summed E-state index contributed by atoms with van der Waals surface area (Å²) in [5.41, 5.74) is 9.06. The Balaban J connectivity index is 1.33. The van der Waals surface area contributed by atoms with Gasteiger partial charge in [-0.15, -0.1) is 0 Å². The van der Waals surface area contributed by atoms with E-state index in [1.807, 2.05) is 60.7 Å². The van der Waals surface area contributed by atoms with E-state index >= 15 is 0 Å².